The molecule has 0 saturated carbocycles. The molecule has 3 nitrogen and oxygen atoms in total. The van der Waals surface area contributed by atoms with Crippen molar-refractivity contribution in [3.63, 3.8) is 0 Å². The molecule has 0 aromatic heterocycles. The fourth-order valence-corrected chi connectivity index (χ4v) is 1.43. The van der Waals surface area contributed by atoms with Crippen LogP contribution in [0.2, 0.25) is 0 Å². The molecule has 0 unspecified atom stereocenters. The molecule has 1 aliphatic heterocycles. The molecule has 17 heavy (non-hydrogen) atoms. The standard InChI is InChI=1S/C9H16N.C2HF3O2/c1-4-9-5-7-10(2,3)8-6-9;3-2(4,5)1(6)7/h1,9H,5-8H2,2-3H3;(H,6,7)/q+1;/p-1. The van der Waals surface area contributed by atoms with Gasteiger partial charge in [-0.2, -0.15) is 13.2 Å². The number of aliphatic carboxylic acids is 1. The lowest BCUT2D eigenvalue weighted by molar-refractivity contribution is -0.895. The number of hydrogen-bond acceptors (Lipinski definition) is 2. The third-order valence-corrected chi connectivity index (χ3v) is 2.63. The van der Waals surface area contributed by atoms with E-state index in [1.165, 1.54) is 25.9 Å². The molecular weight excluding hydrogens is 235 g/mol. The van der Waals surface area contributed by atoms with Crippen molar-refractivity contribution in [2.24, 2.45) is 5.92 Å². The number of terminal acetylenes is 1. The molecule has 98 valence electrons. The van der Waals surface area contributed by atoms with E-state index in [-0.39, 0.29) is 0 Å². The Labute approximate surface area is 98.8 Å². The topological polar surface area (TPSA) is 40.1 Å². The summed E-state index contributed by atoms with van der Waals surface area (Å²) in [5.74, 6) is 0.386. The third kappa shape index (κ3) is 6.84. The predicted octanol–water partition coefficient (Wildman–Crippen LogP) is 0.405. The predicted molar refractivity (Wildman–Crippen MR) is 54.5 cm³/mol. The lowest BCUT2D eigenvalue weighted by atomic mass is 9.97. The quantitative estimate of drug-likeness (QED) is 0.462. The Morgan fingerprint density at radius 2 is 1.71 bits per heavy atom. The molecule has 1 heterocycles. The van der Waals surface area contributed by atoms with Gasteiger partial charge < -0.3 is 14.4 Å². The van der Waals surface area contributed by atoms with Crippen LogP contribution in [0.4, 0.5) is 13.2 Å². The van der Waals surface area contributed by atoms with E-state index in [1.54, 1.807) is 0 Å². The molecule has 0 aromatic rings. The van der Waals surface area contributed by atoms with Crippen molar-refractivity contribution in [1.82, 2.24) is 0 Å². The maximum Gasteiger partial charge on any atom is 0.430 e. The molecule has 0 aromatic carbocycles. The van der Waals surface area contributed by atoms with E-state index in [4.69, 9.17) is 16.3 Å². The molecule has 0 N–H and O–H groups in total. The number of carbonyl (C=O) groups excluding carboxylic acids is 1. The Bertz CT molecular complexity index is 295. The Kier molecular flexibility index (Phi) is 5.49. The maximum absolute atomic E-state index is 10.5. The maximum atomic E-state index is 10.5. The highest BCUT2D eigenvalue weighted by Gasteiger charge is 2.28. The minimum atomic E-state index is -5.19. The van der Waals surface area contributed by atoms with Crippen molar-refractivity contribution in [1.29, 1.82) is 0 Å². The first kappa shape index (κ1) is 15.8. The highest BCUT2D eigenvalue weighted by Crippen LogP contribution is 2.18. The molecule has 1 rings (SSSR count). The van der Waals surface area contributed by atoms with Crippen LogP contribution < -0.4 is 5.11 Å². The van der Waals surface area contributed by atoms with Gasteiger partial charge in [0.25, 0.3) is 0 Å². The van der Waals surface area contributed by atoms with Crippen LogP contribution in [-0.4, -0.2) is 43.8 Å². The Morgan fingerprint density at radius 3 is 1.94 bits per heavy atom. The van der Waals surface area contributed by atoms with Crippen LogP contribution >= 0.6 is 0 Å². The second-order valence-corrected chi connectivity index (χ2v) is 4.61. The molecule has 1 fully saturated rings. The van der Waals surface area contributed by atoms with Gasteiger partial charge in [0.05, 0.1) is 27.2 Å². The summed E-state index contributed by atoms with van der Waals surface area (Å²) in [6.45, 7) is 2.49. The molecule has 0 radical (unpaired) electrons. The number of piperidine rings is 1. The van der Waals surface area contributed by atoms with Gasteiger partial charge in [0.1, 0.15) is 5.97 Å². The number of halogens is 3. The van der Waals surface area contributed by atoms with Crippen LogP contribution in [0.3, 0.4) is 0 Å². The zero-order chi connectivity index (χ0) is 13.7. The molecule has 0 spiro atoms. The Morgan fingerprint density at radius 1 is 1.35 bits per heavy atom. The van der Waals surface area contributed by atoms with Gasteiger partial charge in [-0.3, -0.25) is 0 Å². The smallest absolute Gasteiger partial charge is 0.430 e. The second kappa shape index (κ2) is 5.92. The monoisotopic (exact) mass is 251 g/mol. The lowest BCUT2D eigenvalue weighted by Gasteiger charge is -2.35. The fraction of sp³-hybridized carbons (Fsp3) is 0.727. The first-order valence-electron chi connectivity index (χ1n) is 5.15. The molecule has 1 aliphatic rings. The van der Waals surface area contributed by atoms with E-state index in [0.29, 0.717) is 5.92 Å². The van der Waals surface area contributed by atoms with Crippen molar-refractivity contribution in [3.8, 4) is 12.3 Å². The largest absolute Gasteiger partial charge is 0.542 e. The average molecular weight is 251 g/mol. The van der Waals surface area contributed by atoms with Crippen molar-refractivity contribution in [2.45, 2.75) is 19.0 Å². The molecule has 1 saturated heterocycles. The minimum absolute atomic E-state index is 0.561. The first-order valence-corrected chi connectivity index (χ1v) is 5.15. The van der Waals surface area contributed by atoms with Gasteiger partial charge in [0.15, 0.2) is 0 Å². The zero-order valence-electron chi connectivity index (χ0n) is 9.88. The van der Waals surface area contributed by atoms with Crippen molar-refractivity contribution >= 4 is 5.97 Å². The van der Waals surface area contributed by atoms with Crippen molar-refractivity contribution in [2.75, 3.05) is 27.2 Å². The molecular formula is C11H16F3NO2. The van der Waals surface area contributed by atoms with E-state index in [9.17, 15) is 13.2 Å². The van der Waals surface area contributed by atoms with E-state index in [2.05, 4.69) is 20.0 Å². The molecule has 0 amide bonds. The van der Waals surface area contributed by atoms with Crippen LogP contribution in [0.15, 0.2) is 0 Å². The van der Waals surface area contributed by atoms with Gasteiger partial charge in [-0.05, 0) is 0 Å². The minimum Gasteiger partial charge on any atom is -0.542 e. The highest BCUT2D eigenvalue weighted by atomic mass is 19.4. The van der Waals surface area contributed by atoms with Gasteiger partial charge >= 0.3 is 6.18 Å². The summed E-state index contributed by atoms with van der Waals surface area (Å²) in [6.07, 6.45) is 2.56. The van der Waals surface area contributed by atoms with Crippen LogP contribution in [0.1, 0.15) is 12.8 Å². The third-order valence-electron chi connectivity index (χ3n) is 2.63. The Balaban J connectivity index is 0.000000325. The number of quaternary nitrogens is 1. The summed E-state index contributed by atoms with van der Waals surface area (Å²) >= 11 is 0. The number of carboxylic acid groups (broad SMARTS) is 1. The van der Waals surface area contributed by atoms with Gasteiger partial charge in [-0.15, -0.1) is 12.3 Å². The zero-order valence-corrected chi connectivity index (χ0v) is 9.88. The van der Waals surface area contributed by atoms with Crippen LogP contribution in [0, 0.1) is 18.3 Å². The van der Waals surface area contributed by atoms with E-state index >= 15 is 0 Å². The molecule has 0 aliphatic carbocycles. The van der Waals surface area contributed by atoms with E-state index in [1.807, 2.05) is 0 Å². The number of hydrogen-bond donors (Lipinski definition) is 0. The number of alkyl halides is 3. The van der Waals surface area contributed by atoms with Gasteiger partial charge in [0.2, 0.25) is 0 Å². The van der Waals surface area contributed by atoms with Gasteiger partial charge in [-0.1, -0.05) is 0 Å². The molecule has 0 atom stereocenters. The fourth-order valence-electron chi connectivity index (χ4n) is 1.43. The van der Waals surface area contributed by atoms with Crippen molar-refractivity contribution < 1.29 is 27.6 Å². The normalized spacial score (nSPS) is 19.8. The highest BCUT2D eigenvalue weighted by molar-refractivity contribution is 5.70. The number of rotatable bonds is 0. The number of nitrogens with zero attached hydrogens (tertiary/aromatic N) is 1. The summed E-state index contributed by atoms with van der Waals surface area (Å²) in [7, 11) is 4.54. The summed E-state index contributed by atoms with van der Waals surface area (Å²) in [5.41, 5.74) is 0. The number of carbonyl (C=O) groups is 1. The summed E-state index contributed by atoms with van der Waals surface area (Å²) < 4.78 is 32.7. The number of carboxylic acids is 1. The summed E-state index contributed by atoms with van der Waals surface area (Å²) in [4.78, 5) is 8.78. The van der Waals surface area contributed by atoms with Crippen LogP contribution in [-0.2, 0) is 4.79 Å². The summed E-state index contributed by atoms with van der Waals surface area (Å²) in [5, 5.41) is 8.78. The summed E-state index contributed by atoms with van der Waals surface area (Å²) in [6, 6.07) is 0. The second-order valence-electron chi connectivity index (χ2n) is 4.61. The first-order chi connectivity index (χ1) is 7.58. The average Bonchev–Trinajstić information content (AvgIpc) is 2.17. The Hall–Kier alpha value is -1.22. The van der Waals surface area contributed by atoms with E-state index < -0.39 is 12.1 Å². The molecule has 6 heteroatoms. The van der Waals surface area contributed by atoms with E-state index in [0.717, 1.165) is 4.48 Å². The number of likely N-dealkylation sites (tertiary alicyclic amines) is 1. The van der Waals surface area contributed by atoms with Crippen LogP contribution in [0.5, 0.6) is 0 Å². The SMILES string of the molecule is C#CC1CC[N+](C)(C)CC1.O=C([O-])C(F)(F)F. The van der Waals surface area contributed by atoms with Gasteiger partial charge in [0, 0.05) is 18.8 Å². The lowest BCUT2D eigenvalue weighted by Crippen LogP contribution is -2.45. The molecule has 0 bridgehead atoms. The van der Waals surface area contributed by atoms with Crippen molar-refractivity contribution in [3.05, 3.63) is 0 Å². The van der Waals surface area contributed by atoms with Gasteiger partial charge in [-0.25, -0.2) is 0 Å². The van der Waals surface area contributed by atoms with Crippen LogP contribution in [0.25, 0.3) is 0 Å².